The minimum absolute atomic E-state index is 0.121. The summed E-state index contributed by atoms with van der Waals surface area (Å²) in [7, 11) is 0. The summed E-state index contributed by atoms with van der Waals surface area (Å²) in [4.78, 5) is 19.3. The maximum Gasteiger partial charge on any atom is 0.271 e. The minimum Gasteiger partial charge on any atom is -0.506 e. The van der Waals surface area contributed by atoms with Gasteiger partial charge in [0.25, 0.3) is 5.56 Å². The van der Waals surface area contributed by atoms with Gasteiger partial charge in [-0.1, -0.05) is 82.5 Å². The molecule has 0 bridgehead atoms. The van der Waals surface area contributed by atoms with Crippen molar-refractivity contribution in [3.05, 3.63) is 123 Å². The van der Waals surface area contributed by atoms with Crippen molar-refractivity contribution in [3.8, 4) is 5.75 Å². The number of aryl methyl sites for hydroxylation is 1. The van der Waals surface area contributed by atoms with Crippen LogP contribution in [0.5, 0.6) is 5.75 Å². The molecule has 0 radical (unpaired) electrons. The van der Waals surface area contributed by atoms with Crippen molar-refractivity contribution in [2.45, 2.75) is 18.9 Å². The van der Waals surface area contributed by atoms with Gasteiger partial charge in [-0.15, -0.1) is 0 Å². The van der Waals surface area contributed by atoms with Crippen LogP contribution in [0, 0.1) is 0 Å². The predicted octanol–water partition coefficient (Wildman–Crippen LogP) is 5.98. The van der Waals surface area contributed by atoms with E-state index in [-0.39, 0.29) is 22.4 Å². The van der Waals surface area contributed by atoms with Crippen LogP contribution in [0.15, 0.2) is 76.0 Å². The Labute approximate surface area is 219 Å². The van der Waals surface area contributed by atoms with Crippen LogP contribution < -0.4 is 14.9 Å². The molecule has 0 saturated heterocycles. The number of fused-ring (bicyclic) bond motifs is 3. The molecule has 4 nitrogen and oxygen atoms in total. The molecular formula is C27H17Cl3N2O2S. The molecule has 1 N–H and O–H groups in total. The van der Waals surface area contributed by atoms with E-state index in [1.165, 1.54) is 23.0 Å². The smallest absolute Gasteiger partial charge is 0.271 e. The van der Waals surface area contributed by atoms with E-state index in [0.29, 0.717) is 24.9 Å². The molecule has 1 aromatic heterocycles. The van der Waals surface area contributed by atoms with E-state index in [1.54, 1.807) is 16.7 Å². The van der Waals surface area contributed by atoms with E-state index in [4.69, 9.17) is 39.8 Å². The Morgan fingerprint density at radius 3 is 2.57 bits per heavy atom. The van der Waals surface area contributed by atoms with Crippen LogP contribution in [0.1, 0.15) is 34.7 Å². The van der Waals surface area contributed by atoms with Gasteiger partial charge < -0.3 is 5.11 Å². The molecule has 1 atom stereocenters. The first kappa shape index (κ1) is 22.6. The number of halogens is 3. The third-order valence-corrected chi connectivity index (χ3v) is 8.14. The molecule has 1 aliphatic heterocycles. The molecule has 2 aliphatic rings. The predicted molar refractivity (Wildman–Crippen MR) is 142 cm³/mol. The van der Waals surface area contributed by atoms with Crippen LogP contribution in [0.25, 0.3) is 11.8 Å². The molecule has 0 spiro atoms. The molecule has 1 aliphatic carbocycles. The van der Waals surface area contributed by atoms with Gasteiger partial charge in [-0.2, -0.15) is 0 Å². The summed E-state index contributed by atoms with van der Waals surface area (Å²) in [6.45, 7) is 0. The topological polar surface area (TPSA) is 54.6 Å². The summed E-state index contributed by atoms with van der Waals surface area (Å²) in [5, 5.41) is 11.6. The Balaban J connectivity index is 1.64. The third kappa shape index (κ3) is 3.83. The summed E-state index contributed by atoms with van der Waals surface area (Å²) < 4.78 is 2.18. The lowest BCUT2D eigenvalue weighted by Crippen LogP contribution is -2.38. The first-order chi connectivity index (χ1) is 16.9. The van der Waals surface area contributed by atoms with Crippen LogP contribution in [0.2, 0.25) is 15.1 Å². The maximum absolute atomic E-state index is 13.8. The SMILES string of the molecule is O=c1/c(=C\c2cc(Cl)cc(Cl)c2O)sc2n1[C@@H](c1ccc(Cl)cc1)C1=C(N=2)c2ccccc2CC1. The molecule has 35 heavy (non-hydrogen) atoms. The third-order valence-electron chi connectivity index (χ3n) is 6.40. The first-order valence-corrected chi connectivity index (χ1v) is 12.9. The second-order valence-corrected chi connectivity index (χ2v) is 10.8. The second kappa shape index (κ2) is 8.68. The summed E-state index contributed by atoms with van der Waals surface area (Å²) in [6, 6.07) is 18.6. The largest absolute Gasteiger partial charge is 0.506 e. The van der Waals surface area contributed by atoms with Crippen molar-refractivity contribution in [2.24, 2.45) is 4.99 Å². The highest BCUT2D eigenvalue weighted by Crippen LogP contribution is 2.41. The number of hydrogen-bond acceptors (Lipinski definition) is 4. The maximum atomic E-state index is 13.8. The highest BCUT2D eigenvalue weighted by atomic mass is 35.5. The minimum atomic E-state index is -0.300. The van der Waals surface area contributed by atoms with Gasteiger partial charge in [0.2, 0.25) is 0 Å². The van der Waals surface area contributed by atoms with Gasteiger partial charge in [-0.25, -0.2) is 4.99 Å². The standard InChI is InChI=1S/C27H17Cl3N2O2S/c28-17-8-5-15(6-9-17)24-20-10-7-14-3-1-2-4-19(14)23(20)31-27-32(24)26(34)22(35-27)12-16-11-18(29)13-21(30)25(16)33/h1-6,8-9,11-13,24,33H,7,10H2/b22-12+/t24-/m0/s1. The molecule has 3 aromatic carbocycles. The average Bonchev–Trinajstić information content (AvgIpc) is 3.16. The van der Waals surface area contributed by atoms with Crippen molar-refractivity contribution >= 4 is 57.9 Å². The van der Waals surface area contributed by atoms with E-state index >= 15 is 0 Å². The Morgan fingerprint density at radius 2 is 1.77 bits per heavy atom. The highest BCUT2D eigenvalue weighted by molar-refractivity contribution is 7.07. The first-order valence-electron chi connectivity index (χ1n) is 11.0. The molecule has 174 valence electrons. The van der Waals surface area contributed by atoms with Crippen LogP contribution in [-0.2, 0) is 6.42 Å². The van der Waals surface area contributed by atoms with Crippen LogP contribution in [0.4, 0.5) is 0 Å². The van der Waals surface area contributed by atoms with Gasteiger partial charge in [-0.05, 0) is 59.9 Å². The monoisotopic (exact) mass is 538 g/mol. The van der Waals surface area contributed by atoms with Gasteiger partial charge in [0.05, 0.1) is 21.3 Å². The fraction of sp³-hybridized carbons (Fsp3) is 0.111. The molecule has 0 unspecified atom stereocenters. The lowest BCUT2D eigenvalue weighted by Gasteiger charge is -2.30. The molecule has 0 saturated carbocycles. The second-order valence-electron chi connectivity index (χ2n) is 8.49. The van der Waals surface area contributed by atoms with E-state index in [0.717, 1.165) is 35.2 Å². The van der Waals surface area contributed by atoms with Crippen molar-refractivity contribution in [3.63, 3.8) is 0 Å². The fourth-order valence-corrected chi connectivity index (χ4v) is 6.43. The molecular weight excluding hydrogens is 523 g/mol. The summed E-state index contributed by atoms with van der Waals surface area (Å²) in [5.74, 6) is -0.121. The average molecular weight is 540 g/mol. The van der Waals surface area contributed by atoms with Gasteiger partial charge in [-0.3, -0.25) is 9.36 Å². The molecule has 0 fully saturated rings. The Kier molecular flexibility index (Phi) is 5.61. The number of aromatic hydroxyl groups is 1. The van der Waals surface area contributed by atoms with E-state index in [1.807, 2.05) is 36.4 Å². The zero-order valence-electron chi connectivity index (χ0n) is 18.1. The van der Waals surface area contributed by atoms with Crippen molar-refractivity contribution in [1.29, 1.82) is 0 Å². The van der Waals surface area contributed by atoms with Gasteiger partial charge in [0, 0.05) is 21.2 Å². The Hall–Kier alpha value is -2.83. The van der Waals surface area contributed by atoms with Gasteiger partial charge >= 0.3 is 0 Å². The van der Waals surface area contributed by atoms with Crippen LogP contribution in [0.3, 0.4) is 0 Å². The number of thiazole rings is 1. The lowest BCUT2D eigenvalue weighted by atomic mass is 9.83. The molecule has 6 rings (SSSR count). The number of nitrogens with zero attached hydrogens (tertiary/aromatic N) is 2. The fourth-order valence-electron chi connectivity index (χ4n) is 4.80. The van der Waals surface area contributed by atoms with Crippen LogP contribution >= 0.6 is 46.1 Å². The highest BCUT2D eigenvalue weighted by Gasteiger charge is 2.32. The summed E-state index contributed by atoms with van der Waals surface area (Å²) >= 11 is 19.7. The number of hydrogen-bond donors (Lipinski definition) is 1. The summed E-state index contributed by atoms with van der Waals surface area (Å²) in [5.41, 5.74) is 5.55. The summed E-state index contributed by atoms with van der Waals surface area (Å²) in [6.07, 6.45) is 3.30. The number of rotatable bonds is 2. The number of phenols is 1. The van der Waals surface area contributed by atoms with Gasteiger partial charge in [0.15, 0.2) is 4.80 Å². The number of phenolic OH excluding ortho intramolecular Hbond substituents is 1. The molecule has 0 amide bonds. The Morgan fingerprint density at radius 1 is 1.00 bits per heavy atom. The lowest BCUT2D eigenvalue weighted by molar-refractivity contribution is 0.474. The zero-order chi connectivity index (χ0) is 24.3. The van der Waals surface area contributed by atoms with E-state index in [9.17, 15) is 9.90 Å². The molecule has 4 aromatic rings. The number of aromatic nitrogens is 1. The van der Waals surface area contributed by atoms with Crippen molar-refractivity contribution in [2.75, 3.05) is 0 Å². The molecule has 2 heterocycles. The van der Waals surface area contributed by atoms with E-state index < -0.39 is 0 Å². The van der Waals surface area contributed by atoms with Crippen molar-refractivity contribution < 1.29 is 5.11 Å². The normalized spacial score (nSPS) is 17.0. The number of benzene rings is 3. The van der Waals surface area contributed by atoms with Gasteiger partial charge in [0.1, 0.15) is 5.75 Å². The molecule has 8 heteroatoms. The van der Waals surface area contributed by atoms with E-state index in [2.05, 4.69) is 12.1 Å². The van der Waals surface area contributed by atoms with Crippen molar-refractivity contribution in [1.82, 2.24) is 4.57 Å². The Bertz CT molecular complexity index is 1720. The number of allylic oxidation sites excluding steroid dienone is 1. The zero-order valence-corrected chi connectivity index (χ0v) is 21.2. The van der Waals surface area contributed by atoms with Crippen LogP contribution in [-0.4, -0.2) is 9.67 Å². The quantitative estimate of drug-likeness (QED) is 0.340.